The summed E-state index contributed by atoms with van der Waals surface area (Å²) in [4.78, 5) is 23.3. The number of carboxylic acid groups (broad SMARTS) is 2. The van der Waals surface area contributed by atoms with E-state index in [0.717, 1.165) is 22.3 Å². The first kappa shape index (κ1) is 40.7. The molecule has 1 fully saturated rings. The minimum absolute atomic E-state index is 0.0123. The average Bonchev–Trinajstić information content (AvgIpc) is 3.27. The quantitative estimate of drug-likeness (QED) is 0.193. The number of rotatable bonds is 8. The zero-order valence-corrected chi connectivity index (χ0v) is 35.4. The second kappa shape index (κ2) is 12.5. The fourth-order valence-corrected chi connectivity index (χ4v) is 13.2. The summed E-state index contributed by atoms with van der Waals surface area (Å²) in [5.41, 5.74) is -1.20. The van der Waals surface area contributed by atoms with E-state index < -0.39 is 71.0 Å². The number of hydrogen-bond donors (Lipinski definition) is 4. The fraction of sp³-hybridized carbons (Fsp3) is 0.590. The summed E-state index contributed by atoms with van der Waals surface area (Å²) in [6, 6.07) is 0. The van der Waals surface area contributed by atoms with Gasteiger partial charge in [-0.3, -0.25) is 9.59 Å². The predicted molar refractivity (Wildman–Crippen MR) is 208 cm³/mol. The molecule has 2 aromatic rings. The Hall–Kier alpha value is -1.94. The van der Waals surface area contributed by atoms with Crippen molar-refractivity contribution in [3.63, 3.8) is 0 Å². The van der Waals surface area contributed by atoms with E-state index in [1.807, 2.05) is 41.5 Å². The predicted octanol–water partition coefficient (Wildman–Crippen LogP) is 10.4. The molecule has 0 saturated heterocycles. The molecule has 53 heavy (non-hydrogen) atoms. The second-order valence-electron chi connectivity index (χ2n) is 16.1. The number of ether oxygens (including phenoxy) is 2. The minimum atomic E-state index is -2.53. The number of fused-ring (bicyclic) bond motifs is 4. The lowest BCUT2D eigenvalue weighted by Crippen LogP contribution is -2.65. The molecule has 4 aliphatic rings. The number of aliphatic carboxylic acids is 2. The van der Waals surface area contributed by atoms with Crippen molar-refractivity contribution < 1.29 is 39.5 Å². The Bertz CT molecular complexity index is 1890. The SMILES string of the molecule is Cc1c(C)c2c(c(C)c1O)CCC(C)(CCC1(C(=O)O)C3(Cl)C(Cl)=C(Cl)C(Cl)(C3(Cl)Cl)C1(CCC1(C)CCc3c(C)c(O)c(C)c(C)c3O1)C(=O)O)O2. The van der Waals surface area contributed by atoms with Gasteiger partial charge in [0.25, 0.3) is 0 Å². The molecule has 4 N–H and O–H groups in total. The van der Waals surface area contributed by atoms with Crippen molar-refractivity contribution in [2.45, 2.75) is 132 Å². The molecule has 2 bridgehead atoms. The van der Waals surface area contributed by atoms with Crippen LogP contribution in [0.15, 0.2) is 10.1 Å². The van der Waals surface area contributed by atoms with Gasteiger partial charge in [0.15, 0.2) is 4.33 Å². The summed E-state index contributed by atoms with van der Waals surface area (Å²) in [5, 5.41) is 43.6. The highest BCUT2D eigenvalue weighted by atomic mass is 35.5. The van der Waals surface area contributed by atoms with E-state index in [2.05, 4.69) is 0 Å². The van der Waals surface area contributed by atoms with Crippen LogP contribution < -0.4 is 9.47 Å². The molecule has 6 unspecified atom stereocenters. The zero-order valence-electron chi connectivity index (χ0n) is 30.8. The third-order valence-electron chi connectivity index (χ3n) is 13.5. The fourth-order valence-electron chi connectivity index (χ4n) is 9.80. The molecule has 6 rings (SSSR count). The maximum absolute atomic E-state index is 14.2. The average molecular weight is 853 g/mol. The second-order valence-corrected chi connectivity index (χ2v) is 19.3. The van der Waals surface area contributed by atoms with Crippen molar-refractivity contribution in [1.29, 1.82) is 0 Å². The van der Waals surface area contributed by atoms with E-state index in [-0.39, 0.29) is 24.3 Å². The van der Waals surface area contributed by atoms with E-state index in [9.17, 15) is 30.0 Å². The summed E-state index contributed by atoms with van der Waals surface area (Å²) >= 11 is 42.7. The number of alkyl halides is 4. The van der Waals surface area contributed by atoms with Crippen LogP contribution >= 0.6 is 69.6 Å². The third-order valence-corrected chi connectivity index (χ3v) is 17.9. The van der Waals surface area contributed by atoms with Gasteiger partial charge < -0.3 is 29.9 Å². The van der Waals surface area contributed by atoms with Crippen molar-refractivity contribution in [2.75, 3.05) is 0 Å². The number of carboxylic acids is 2. The minimum Gasteiger partial charge on any atom is -0.507 e. The van der Waals surface area contributed by atoms with Gasteiger partial charge in [-0.2, -0.15) is 0 Å². The smallest absolute Gasteiger partial charge is 0.313 e. The topological polar surface area (TPSA) is 134 Å². The molecule has 2 heterocycles. The van der Waals surface area contributed by atoms with E-state index in [4.69, 9.17) is 79.1 Å². The van der Waals surface area contributed by atoms with Crippen LogP contribution in [-0.4, -0.2) is 57.6 Å². The van der Waals surface area contributed by atoms with Crippen molar-refractivity contribution in [2.24, 2.45) is 10.8 Å². The maximum Gasteiger partial charge on any atom is 0.313 e. The van der Waals surface area contributed by atoms with Gasteiger partial charge in [0.05, 0.1) is 10.1 Å². The molecule has 6 atom stereocenters. The largest absolute Gasteiger partial charge is 0.507 e. The van der Waals surface area contributed by atoms with Gasteiger partial charge >= 0.3 is 11.9 Å². The Balaban J connectivity index is 1.47. The van der Waals surface area contributed by atoms with Crippen LogP contribution in [0.5, 0.6) is 23.0 Å². The van der Waals surface area contributed by atoms with Gasteiger partial charge in [-0.15, -0.1) is 23.2 Å². The van der Waals surface area contributed by atoms with Crippen LogP contribution in [0.3, 0.4) is 0 Å². The lowest BCUT2D eigenvalue weighted by molar-refractivity contribution is -0.178. The highest BCUT2D eigenvalue weighted by molar-refractivity contribution is 6.67. The zero-order chi connectivity index (χ0) is 39.8. The van der Waals surface area contributed by atoms with Crippen LogP contribution in [-0.2, 0) is 22.4 Å². The monoisotopic (exact) mass is 850 g/mol. The highest BCUT2D eigenvalue weighted by Gasteiger charge is 2.96. The molecule has 2 aliphatic heterocycles. The van der Waals surface area contributed by atoms with Crippen LogP contribution in [0.1, 0.15) is 96.9 Å². The van der Waals surface area contributed by atoms with E-state index in [1.54, 1.807) is 13.8 Å². The number of hydrogen-bond acceptors (Lipinski definition) is 6. The standard InChI is InChI=1S/C39H44Cl6O8/c1-17-19(3)27-23(21(5)25(17)46)9-11-33(7,52-27)13-15-35(31(48)49)36(32(50)51,38(43)30(41)29(40)37(35,42)39(38,44)45)16-14-34(8)12-10-24-22(6)26(47)18(2)20(4)28(24)53-34/h46-47H,9-16H2,1-8H3,(H,48,49)(H,50,51). The first-order valence-electron chi connectivity index (χ1n) is 17.6. The normalized spacial score (nSPS) is 34.0. The Morgan fingerprint density at radius 1 is 0.585 bits per heavy atom. The lowest BCUT2D eigenvalue weighted by Gasteiger charge is -2.53. The number of phenols is 2. The van der Waals surface area contributed by atoms with E-state index in [1.165, 1.54) is 0 Å². The van der Waals surface area contributed by atoms with Crippen LogP contribution in [0.2, 0.25) is 0 Å². The van der Waals surface area contributed by atoms with Crippen molar-refractivity contribution in [3.8, 4) is 23.0 Å². The molecule has 0 radical (unpaired) electrons. The molecule has 0 amide bonds. The number of phenolic OH excluding ortho intramolecular Hbond substituents is 2. The molecule has 2 aromatic carbocycles. The summed E-state index contributed by atoms with van der Waals surface area (Å²) in [6.07, 6.45) is 1.00. The summed E-state index contributed by atoms with van der Waals surface area (Å²) in [5.74, 6) is -1.64. The van der Waals surface area contributed by atoms with Gasteiger partial charge in [0.1, 0.15) is 54.8 Å². The van der Waals surface area contributed by atoms with Gasteiger partial charge in [0.2, 0.25) is 0 Å². The molecule has 1 saturated carbocycles. The van der Waals surface area contributed by atoms with E-state index in [0.29, 0.717) is 59.4 Å². The first-order valence-corrected chi connectivity index (χ1v) is 19.8. The van der Waals surface area contributed by atoms with Crippen LogP contribution in [0.4, 0.5) is 0 Å². The van der Waals surface area contributed by atoms with E-state index >= 15 is 0 Å². The number of carbonyl (C=O) groups is 2. The van der Waals surface area contributed by atoms with Gasteiger partial charge in [0, 0.05) is 11.1 Å². The number of benzene rings is 2. The van der Waals surface area contributed by atoms with Gasteiger partial charge in [-0.1, -0.05) is 46.4 Å². The molecule has 0 aromatic heterocycles. The molecule has 2 aliphatic carbocycles. The van der Waals surface area contributed by atoms with Crippen LogP contribution in [0.25, 0.3) is 0 Å². The summed E-state index contributed by atoms with van der Waals surface area (Å²) in [7, 11) is 0. The molecular formula is C39H44Cl6O8. The molecular weight excluding hydrogens is 809 g/mol. The Labute approximate surface area is 339 Å². The summed E-state index contributed by atoms with van der Waals surface area (Å²) in [6.45, 7) is 14.6. The number of aromatic hydroxyl groups is 2. The Kier molecular flexibility index (Phi) is 9.63. The van der Waals surface area contributed by atoms with Crippen LogP contribution in [0, 0.1) is 52.4 Å². The first-order chi connectivity index (χ1) is 24.3. The van der Waals surface area contributed by atoms with Crippen molar-refractivity contribution in [3.05, 3.63) is 54.6 Å². The van der Waals surface area contributed by atoms with Crippen molar-refractivity contribution in [1.82, 2.24) is 0 Å². The highest BCUT2D eigenvalue weighted by Crippen LogP contribution is 2.86. The number of halogens is 6. The lowest BCUT2D eigenvalue weighted by atomic mass is 9.52. The van der Waals surface area contributed by atoms with Crippen molar-refractivity contribution >= 4 is 81.5 Å². The molecule has 14 heteroatoms. The third kappa shape index (κ3) is 4.81. The van der Waals surface area contributed by atoms with Gasteiger partial charge in [-0.25, -0.2) is 0 Å². The maximum atomic E-state index is 14.2. The summed E-state index contributed by atoms with van der Waals surface area (Å²) < 4.78 is 10.8. The van der Waals surface area contributed by atoms with Gasteiger partial charge in [-0.05, 0) is 140 Å². The molecule has 290 valence electrons. The molecule has 8 nitrogen and oxygen atoms in total. The Morgan fingerprint density at radius 2 is 0.906 bits per heavy atom. The molecule has 0 spiro atoms. The number of allylic oxidation sites excluding steroid dienone is 2. The Morgan fingerprint density at radius 3 is 1.21 bits per heavy atom.